The average molecular weight is 172 g/mol. The van der Waals surface area contributed by atoms with Crippen LogP contribution in [0.2, 0.25) is 0 Å². The summed E-state index contributed by atoms with van der Waals surface area (Å²) in [6.07, 6.45) is 1.41. The Kier molecular flexibility index (Phi) is 8.17. The maximum absolute atomic E-state index is 8.15. The van der Waals surface area contributed by atoms with Gasteiger partial charge >= 0.3 is 0 Å². The minimum Gasteiger partial charge on any atom is -0.264 e. The molecule has 0 aliphatic heterocycles. The topological polar surface area (TPSA) is 28.1 Å². The Morgan fingerprint density at radius 2 is 2.10 bits per heavy atom. The Labute approximate surface area is 71.0 Å². The van der Waals surface area contributed by atoms with E-state index in [9.17, 15) is 0 Å². The zero-order valence-electron chi connectivity index (χ0n) is 5.54. The van der Waals surface area contributed by atoms with Crippen molar-refractivity contribution in [3.63, 3.8) is 0 Å². The first-order valence-corrected chi connectivity index (χ1v) is 4.43. The van der Waals surface area contributed by atoms with Crippen LogP contribution >= 0.6 is 11.8 Å². The zero-order chi connectivity index (χ0) is 7.66. The summed E-state index contributed by atoms with van der Waals surface area (Å²) in [5.41, 5.74) is 0. The summed E-state index contributed by atoms with van der Waals surface area (Å²) in [4.78, 5) is 0. The van der Waals surface area contributed by atoms with Crippen LogP contribution in [0.5, 0.6) is 0 Å². The van der Waals surface area contributed by atoms with Crippen molar-refractivity contribution < 1.29 is 0 Å². The van der Waals surface area contributed by atoms with Crippen LogP contribution in [0.15, 0.2) is 0 Å². The fraction of sp³-hybridized carbons (Fsp3) is 0.667. The Hall–Kier alpha value is -0.450. The van der Waals surface area contributed by atoms with Gasteiger partial charge in [0.15, 0.2) is 0 Å². The van der Waals surface area contributed by atoms with Gasteiger partial charge in [-0.3, -0.25) is 12.8 Å². The van der Waals surface area contributed by atoms with Crippen molar-refractivity contribution in [1.82, 2.24) is 0 Å². The van der Waals surface area contributed by atoms with E-state index in [1.807, 2.05) is 0 Å². The van der Waals surface area contributed by atoms with Gasteiger partial charge in [-0.2, -0.15) is 21.3 Å². The number of rotatable bonds is 4. The molecule has 0 radical (unpaired) electrons. The van der Waals surface area contributed by atoms with Crippen molar-refractivity contribution in [3.05, 3.63) is 4.25 Å². The van der Waals surface area contributed by atoms with E-state index in [-0.39, 0.29) is 0 Å². The molecule has 2 nitrogen and oxygen atoms in total. The first-order chi connectivity index (χ1) is 4.91. The van der Waals surface area contributed by atoms with Crippen LogP contribution in [0.1, 0.15) is 12.8 Å². The summed E-state index contributed by atoms with van der Waals surface area (Å²) in [6, 6.07) is 4.73. The van der Waals surface area contributed by atoms with Crippen LogP contribution in [0.4, 0.5) is 0 Å². The second-order valence-corrected chi connectivity index (χ2v) is 2.93. The highest BCUT2D eigenvalue weighted by molar-refractivity contribution is 7.99. The van der Waals surface area contributed by atoms with Crippen LogP contribution in [0.25, 0.3) is 4.25 Å². The molecule has 0 aliphatic rings. The van der Waals surface area contributed by atoms with E-state index >= 15 is 0 Å². The monoisotopic (exact) mass is 172 g/mol. The third-order valence-corrected chi connectivity index (χ3v) is 1.90. The number of nitriles is 1. The number of thioether (sulfide) groups is 1. The van der Waals surface area contributed by atoms with Gasteiger partial charge in [0.25, 0.3) is 6.07 Å². The smallest absolute Gasteiger partial charge is 0.253 e. The molecule has 0 heterocycles. The summed E-state index contributed by atoms with van der Waals surface area (Å²) in [7, 11) is 0. The minimum atomic E-state index is 0.621. The van der Waals surface area contributed by atoms with Crippen LogP contribution in [-0.4, -0.2) is 11.5 Å². The second-order valence-electron chi connectivity index (χ2n) is 1.52. The molecule has 0 rings (SSSR count). The van der Waals surface area contributed by atoms with E-state index in [2.05, 4.69) is 29.2 Å². The minimum absolute atomic E-state index is 0.621. The molecule has 0 atom stereocenters. The lowest BCUT2D eigenvalue weighted by atomic mass is 10.5. The van der Waals surface area contributed by atoms with Crippen molar-refractivity contribution >= 4 is 24.6 Å². The zero-order valence-corrected chi connectivity index (χ0v) is 7.17. The molecule has 54 valence electrons. The van der Waals surface area contributed by atoms with Gasteiger partial charge in [0, 0.05) is 17.9 Å². The summed E-state index contributed by atoms with van der Waals surface area (Å²) in [6.45, 7) is 0. The molecule has 0 aromatic rings. The maximum atomic E-state index is 8.15. The molecule has 0 bridgehead atoms. The summed E-state index contributed by atoms with van der Waals surface area (Å²) in [5, 5.41) is 8.15. The van der Waals surface area contributed by atoms with Gasteiger partial charge < -0.3 is 0 Å². The van der Waals surface area contributed by atoms with E-state index in [0.29, 0.717) is 6.42 Å². The molecule has 0 amide bonds. The van der Waals surface area contributed by atoms with Gasteiger partial charge in [0.1, 0.15) is 0 Å². The quantitative estimate of drug-likeness (QED) is 0.478. The lowest BCUT2D eigenvalue weighted by Crippen LogP contribution is -1.79. The number of nitrogens with zero attached hydrogens (tertiary/aromatic N) is 2. The summed E-state index contributed by atoms with van der Waals surface area (Å²) < 4.78 is 3.31. The Morgan fingerprint density at radius 1 is 1.40 bits per heavy atom. The van der Waals surface area contributed by atoms with Crippen LogP contribution in [0, 0.1) is 17.4 Å². The third kappa shape index (κ3) is 7.55. The van der Waals surface area contributed by atoms with Crippen molar-refractivity contribution in [1.29, 1.82) is 5.26 Å². The van der Waals surface area contributed by atoms with Crippen LogP contribution in [-0.2, 0) is 12.8 Å². The molecule has 0 fully saturated rings. The maximum Gasteiger partial charge on any atom is 0.253 e. The molecule has 10 heavy (non-hydrogen) atoms. The number of hydrogen-bond donors (Lipinski definition) is 0. The first kappa shape index (κ1) is 9.55. The number of hydrogen-bond acceptors (Lipinski definition) is 3. The lowest BCUT2D eigenvalue weighted by molar-refractivity contribution is 1.22. The SMILES string of the molecule is N#CCCSCCC#[N+][S-]. The van der Waals surface area contributed by atoms with Crippen LogP contribution < -0.4 is 0 Å². The average Bonchev–Trinajstić information content (AvgIpc) is 1.97. The standard InChI is InChI=1S/C6H8N2S2/c7-3-1-5-10-6-2-4-8-9/h1-2,5-6H2. The summed E-state index contributed by atoms with van der Waals surface area (Å²) >= 11 is 6.03. The van der Waals surface area contributed by atoms with Crippen molar-refractivity contribution in [2.24, 2.45) is 0 Å². The van der Waals surface area contributed by atoms with Gasteiger partial charge in [-0.05, 0) is 0 Å². The Bertz CT molecular complexity index is 163. The molecular weight excluding hydrogens is 164 g/mol. The molecule has 0 saturated carbocycles. The van der Waals surface area contributed by atoms with Crippen LogP contribution in [0.3, 0.4) is 0 Å². The van der Waals surface area contributed by atoms with Gasteiger partial charge in [0.2, 0.25) is 0 Å². The van der Waals surface area contributed by atoms with Gasteiger partial charge in [-0.25, -0.2) is 0 Å². The molecule has 0 aromatic carbocycles. The Morgan fingerprint density at radius 3 is 2.70 bits per heavy atom. The Balaban J connectivity index is 2.90. The fourth-order valence-electron chi connectivity index (χ4n) is 0.383. The van der Waals surface area contributed by atoms with E-state index < -0.39 is 0 Å². The highest BCUT2D eigenvalue weighted by Crippen LogP contribution is 2.02. The first-order valence-electron chi connectivity index (χ1n) is 2.91. The van der Waals surface area contributed by atoms with Crippen molar-refractivity contribution in [2.45, 2.75) is 12.8 Å². The molecular formula is C6H8N2S2. The van der Waals surface area contributed by atoms with E-state index in [4.69, 9.17) is 5.26 Å². The highest BCUT2D eigenvalue weighted by Gasteiger charge is 1.88. The second kappa shape index (κ2) is 8.55. The van der Waals surface area contributed by atoms with Crippen molar-refractivity contribution in [2.75, 3.05) is 11.5 Å². The summed E-state index contributed by atoms with van der Waals surface area (Å²) in [5.74, 6) is 1.86. The van der Waals surface area contributed by atoms with Crippen molar-refractivity contribution in [3.8, 4) is 12.1 Å². The molecule has 0 saturated heterocycles. The molecule has 0 aromatic heterocycles. The van der Waals surface area contributed by atoms with Gasteiger partial charge in [-0.15, -0.1) is 0 Å². The highest BCUT2D eigenvalue weighted by atomic mass is 32.2. The van der Waals surface area contributed by atoms with Gasteiger partial charge in [0.05, 0.1) is 12.5 Å². The van der Waals surface area contributed by atoms with E-state index in [1.165, 1.54) is 0 Å². The van der Waals surface area contributed by atoms with E-state index in [1.54, 1.807) is 11.8 Å². The molecule has 0 N–H and O–H groups in total. The largest absolute Gasteiger partial charge is 0.264 e. The fourth-order valence-corrected chi connectivity index (χ4v) is 1.15. The molecule has 0 aliphatic carbocycles. The third-order valence-electron chi connectivity index (χ3n) is 0.781. The predicted molar refractivity (Wildman–Crippen MR) is 46.8 cm³/mol. The van der Waals surface area contributed by atoms with E-state index in [0.717, 1.165) is 17.9 Å². The lowest BCUT2D eigenvalue weighted by Gasteiger charge is -1.88. The predicted octanol–water partition coefficient (Wildman–Crippen LogP) is 1.82. The molecule has 4 heteroatoms. The normalized spacial score (nSPS) is 7.50. The molecule has 0 spiro atoms. The van der Waals surface area contributed by atoms with Gasteiger partial charge in [-0.1, -0.05) is 0 Å². The molecule has 0 unspecified atom stereocenters.